The van der Waals surface area contributed by atoms with Gasteiger partial charge in [0.05, 0.1) is 12.7 Å². The lowest BCUT2D eigenvalue weighted by molar-refractivity contribution is 0.0435. The summed E-state index contributed by atoms with van der Waals surface area (Å²) in [5, 5.41) is 8.94. The van der Waals surface area contributed by atoms with Crippen molar-refractivity contribution in [2.24, 2.45) is 0 Å². The van der Waals surface area contributed by atoms with Gasteiger partial charge in [0.25, 0.3) is 0 Å². The lowest BCUT2D eigenvalue weighted by atomic mass is 10.1. The Bertz CT molecular complexity index is 272. The highest BCUT2D eigenvalue weighted by Crippen LogP contribution is 2.18. The number of ether oxygens (including phenoxy) is 1. The molecule has 0 fully saturated rings. The molecular weight excluding hydrogens is 244 g/mol. The van der Waals surface area contributed by atoms with Crippen LogP contribution in [0.1, 0.15) is 12.0 Å². The zero-order valence-corrected chi connectivity index (χ0v) is 9.83. The van der Waals surface area contributed by atoms with E-state index in [1.807, 2.05) is 18.2 Å². The molecule has 0 saturated carbocycles. The van der Waals surface area contributed by atoms with Crippen LogP contribution >= 0.6 is 15.9 Å². The SMILES string of the molecule is COC(CO)CCc1ccccc1Br. The number of methoxy groups -OCH3 is 1. The van der Waals surface area contributed by atoms with Crippen LogP contribution in [0.3, 0.4) is 0 Å². The summed E-state index contributed by atoms with van der Waals surface area (Å²) in [6, 6.07) is 8.11. The molecule has 0 spiro atoms. The van der Waals surface area contributed by atoms with Crippen LogP contribution in [-0.4, -0.2) is 24.9 Å². The maximum Gasteiger partial charge on any atom is 0.0805 e. The summed E-state index contributed by atoms with van der Waals surface area (Å²) in [5.41, 5.74) is 1.25. The Morgan fingerprint density at radius 1 is 1.43 bits per heavy atom. The van der Waals surface area contributed by atoms with Gasteiger partial charge in [-0.1, -0.05) is 34.1 Å². The molecule has 1 N–H and O–H groups in total. The van der Waals surface area contributed by atoms with Crippen molar-refractivity contribution in [1.29, 1.82) is 0 Å². The van der Waals surface area contributed by atoms with Crippen LogP contribution in [-0.2, 0) is 11.2 Å². The number of rotatable bonds is 5. The third kappa shape index (κ3) is 3.40. The predicted octanol–water partition coefficient (Wildman–Crippen LogP) is 2.39. The Morgan fingerprint density at radius 2 is 2.14 bits per heavy atom. The van der Waals surface area contributed by atoms with E-state index in [0.717, 1.165) is 17.3 Å². The number of hydrogen-bond acceptors (Lipinski definition) is 2. The van der Waals surface area contributed by atoms with Crippen LogP contribution in [0.2, 0.25) is 0 Å². The lowest BCUT2D eigenvalue weighted by Gasteiger charge is -2.12. The molecule has 0 amide bonds. The Hall–Kier alpha value is -0.380. The van der Waals surface area contributed by atoms with E-state index in [-0.39, 0.29) is 12.7 Å². The molecule has 1 unspecified atom stereocenters. The number of hydrogen-bond donors (Lipinski definition) is 1. The van der Waals surface area contributed by atoms with Gasteiger partial charge in [0.2, 0.25) is 0 Å². The van der Waals surface area contributed by atoms with Gasteiger partial charge in [0.1, 0.15) is 0 Å². The van der Waals surface area contributed by atoms with Gasteiger partial charge in [-0.05, 0) is 24.5 Å². The van der Waals surface area contributed by atoms with Crippen LogP contribution in [0.25, 0.3) is 0 Å². The maximum atomic E-state index is 8.94. The van der Waals surface area contributed by atoms with Gasteiger partial charge in [-0.15, -0.1) is 0 Å². The second-order valence-electron chi connectivity index (χ2n) is 3.17. The normalized spacial score (nSPS) is 12.8. The standard InChI is InChI=1S/C11H15BrO2/c1-14-10(8-13)7-6-9-4-2-3-5-11(9)12/h2-5,10,13H,6-8H2,1H3. The second-order valence-corrected chi connectivity index (χ2v) is 4.02. The molecule has 1 aromatic carbocycles. The first kappa shape index (κ1) is 11.7. The maximum absolute atomic E-state index is 8.94. The van der Waals surface area contributed by atoms with Crippen LogP contribution in [0.15, 0.2) is 28.7 Å². The summed E-state index contributed by atoms with van der Waals surface area (Å²) in [6.07, 6.45) is 1.71. The van der Waals surface area contributed by atoms with Gasteiger partial charge in [-0.2, -0.15) is 0 Å². The van der Waals surface area contributed by atoms with Crippen molar-refractivity contribution in [3.05, 3.63) is 34.3 Å². The molecule has 0 aliphatic heterocycles. The Kier molecular flexibility index (Phi) is 5.15. The van der Waals surface area contributed by atoms with Gasteiger partial charge in [-0.25, -0.2) is 0 Å². The topological polar surface area (TPSA) is 29.5 Å². The first-order valence-corrected chi connectivity index (χ1v) is 5.44. The van der Waals surface area contributed by atoms with E-state index in [9.17, 15) is 0 Å². The van der Waals surface area contributed by atoms with Crippen molar-refractivity contribution in [2.45, 2.75) is 18.9 Å². The number of aliphatic hydroxyl groups is 1. The lowest BCUT2D eigenvalue weighted by Crippen LogP contribution is -2.16. The van der Waals surface area contributed by atoms with Crippen molar-refractivity contribution >= 4 is 15.9 Å². The summed E-state index contributed by atoms with van der Waals surface area (Å²) in [7, 11) is 1.63. The molecule has 3 heteroatoms. The zero-order chi connectivity index (χ0) is 10.4. The molecule has 0 aromatic heterocycles. The summed E-state index contributed by atoms with van der Waals surface area (Å²) in [4.78, 5) is 0. The molecule has 0 radical (unpaired) electrons. The molecular formula is C11H15BrO2. The molecule has 1 rings (SSSR count). The molecule has 0 bridgehead atoms. The summed E-state index contributed by atoms with van der Waals surface area (Å²) in [5.74, 6) is 0. The third-order valence-corrected chi connectivity index (χ3v) is 3.00. The fourth-order valence-corrected chi connectivity index (χ4v) is 1.78. The van der Waals surface area contributed by atoms with Gasteiger partial charge in [0.15, 0.2) is 0 Å². The third-order valence-electron chi connectivity index (χ3n) is 2.23. The van der Waals surface area contributed by atoms with Crippen molar-refractivity contribution in [3.8, 4) is 0 Å². The number of halogens is 1. The van der Waals surface area contributed by atoms with Crippen molar-refractivity contribution in [3.63, 3.8) is 0 Å². The van der Waals surface area contributed by atoms with Gasteiger partial charge in [0, 0.05) is 11.6 Å². The molecule has 1 atom stereocenters. The highest BCUT2D eigenvalue weighted by molar-refractivity contribution is 9.10. The largest absolute Gasteiger partial charge is 0.394 e. The van der Waals surface area contributed by atoms with Crippen LogP contribution in [0.4, 0.5) is 0 Å². The number of aliphatic hydroxyl groups excluding tert-OH is 1. The van der Waals surface area contributed by atoms with E-state index in [1.54, 1.807) is 7.11 Å². The van der Waals surface area contributed by atoms with E-state index in [2.05, 4.69) is 22.0 Å². The predicted molar refractivity (Wildman–Crippen MR) is 60.3 cm³/mol. The fraction of sp³-hybridized carbons (Fsp3) is 0.455. The first-order valence-electron chi connectivity index (χ1n) is 4.65. The molecule has 0 aliphatic carbocycles. The number of benzene rings is 1. The highest BCUT2D eigenvalue weighted by atomic mass is 79.9. The molecule has 0 heterocycles. The van der Waals surface area contributed by atoms with E-state index >= 15 is 0 Å². The monoisotopic (exact) mass is 258 g/mol. The minimum Gasteiger partial charge on any atom is -0.394 e. The zero-order valence-electron chi connectivity index (χ0n) is 8.24. The van der Waals surface area contributed by atoms with Crippen molar-refractivity contribution in [1.82, 2.24) is 0 Å². The summed E-state index contributed by atoms with van der Waals surface area (Å²) >= 11 is 3.49. The summed E-state index contributed by atoms with van der Waals surface area (Å²) in [6.45, 7) is 0.0843. The summed E-state index contributed by atoms with van der Waals surface area (Å²) < 4.78 is 6.21. The quantitative estimate of drug-likeness (QED) is 0.879. The van der Waals surface area contributed by atoms with E-state index in [4.69, 9.17) is 9.84 Å². The Labute approximate surface area is 93.0 Å². The molecule has 2 nitrogen and oxygen atoms in total. The fourth-order valence-electron chi connectivity index (χ4n) is 1.30. The Morgan fingerprint density at radius 3 is 2.71 bits per heavy atom. The minimum absolute atomic E-state index is 0.0536. The van der Waals surface area contributed by atoms with Gasteiger partial charge < -0.3 is 9.84 Å². The molecule has 0 saturated heterocycles. The van der Waals surface area contributed by atoms with Crippen LogP contribution < -0.4 is 0 Å². The highest BCUT2D eigenvalue weighted by Gasteiger charge is 2.06. The molecule has 0 aliphatic rings. The van der Waals surface area contributed by atoms with Crippen molar-refractivity contribution in [2.75, 3.05) is 13.7 Å². The second kappa shape index (κ2) is 6.17. The van der Waals surface area contributed by atoms with E-state index < -0.39 is 0 Å². The average Bonchev–Trinajstić information content (AvgIpc) is 2.22. The first-order chi connectivity index (χ1) is 6.77. The molecule has 1 aromatic rings. The van der Waals surface area contributed by atoms with Gasteiger partial charge >= 0.3 is 0 Å². The molecule has 78 valence electrons. The smallest absolute Gasteiger partial charge is 0.0805 e. The van der Waals surface area contributed by atoms with Crippen LogP contribution in [0, 0.1) is 0 Å². The van der Waals surface area contributed by atoms with Crippen LogP contribution in [0.5, 0.6) is 0 Å². The van der Waals surface area contributed by atoms with Gasteiger partial charge in [-0.3, -0.25) is 0 Å². The Balaban J connectivity index is 2.49. The number of aryl methyl sites for hydroxylation is 1. The average molecular weight is 259 g/mol. The van der Waals surface area contributed by atoms with E-state index in [1.165, 1.54) is 5.56 Å². The molecule has 14 heavy (non-hydrogen) atoms. The van der Waals surface area contributed by atoms with E-state index in [0.29, 0.717) is 0 Å². The minimum atomic E-state index is -0.0536. The van der Waals surface area contributed by atoms with Crippen molar-refractivity contribution < 1.29 is 9.84 Å².